The highest BCUT2D eigenvalue weighted by molar-refractivity contribution is 6.31. The third-order valence-electron chi connectivity index (χ3n) is 3.30. The molecule has 3 N–H and O–H groups in total. The monoisotopic (exact) mass is 383 g/mol. The average Bonchev–Trinajstić information content (AvgIpc) is 3.32. The first-order valence-corrected chi connectivity index (χ1v) is 9.24. The van der Waals surface area contributed by atoms with Crippen LogP contribution in [0.1, 0.15) is 46.1 Å². The number of halogens is 1. The van der Waals surface area contributed by atoms with Crippen LogP contribution >= 0.6 is 11.6 Å². The molecule has 0 unspecified atom stereocenters. The lowest BCUT2D eigenvalue weighted by molar-refractivity contribution is -0.115. The summed E-state index contributed by atoms with van der Waals surface area (Å²) in [4.78, 5) is 23.0. The van der Waals surface area contributed by atoms with E-state index in [9.17, 15) is 9.59 Å². The summed E-state index contributed by atoms with van der Waals surface area (Å²) in [7, 11) is 0. The number of carbonyl (C=O) groups is 2. The Morgan fingerprint density at radius 1 is 1.27 bits per heavy atom. The molecule has 0 saturated heterocycles. The SMILES string of the molecule is CCNC1CC1.Cc1cc(NC(=O)CNC(=O)OC(C)(C)C)ccc1Cl. The van der Waals surface area contributed by atoms with Crippen LogP contribution in [0.2, 0.25) is 5.02 Å². The number of hydrogen-bond acceptors (Lipinski definition) is 4. The molecular weight excluding hydrogens is 354 g/mol. The Morgan fingerprint density at radius 2 is 1.92 bits per heavy atom. The summed E-state index contributed by atoms with van der Waals surface area (Å²) in [6.45, 7) is 10.2. The van der Waals surface area contributed by atoms with Crippen molar-refractivity contribution in [2.45, 2.75) is 59.1 Å². The van der Waals surface area contributed by atoms with Gasteiger partial charge < -0.3 is 20.7 Å². The molecule has 0 aliphatic heterocycles. The summed E-state index contributed by atoms with van der Waals surface area (Å²) >= 11 is 5.90. The molecule has 7 heteroatoms. The van der Waals surface area contributed by atoms with Gasteiger partial charge in [-0.2, -0.15) is 0 Å². The molecule has 0 heterocycles. The zero-order valence-electron chi connectivity index (χ0n) is 16.2. The summed E-state index contributed by atoms with van der Waals surface area (Å²) in [5.74, 6) is -0.336. The number of ether oxygens (including phenoxy) is 1. The summed E-state index contributed by atoms with van der Waals surface area (Å²) in [5.41, 5.74) is 0.904. The van der Waals surface area contributed by atoms with Crippen molar-refractivity contribution in [2.24, 2.45) is 0 Å². The van der Waals surface area contributed by atoms with Gasteiger partial charge in [0.1, 0.15) is 12.1 Å². The summed E-state index contributed by atoms with van der Waals surface area (Å²) in [6, 6.07) is 6.05. The van der Waals surface area contributed by atoms with Gasteiger partial charge in [0, 0.05) is 16.8 Å². The van der Waals surface area contributed by atoms with Crippen molar-refractivity contribution in [2.75, 3.05) is 18.4 Å². The third-order valence-corrected chi connectivity index (χ3v) is 3.73. The van der Waals surface area contributed by atoms with E-state index in [0.717, 1.165) is 18.2 Å². The Kier molecular flexibility index (Phi) is 8.88. The number of benzene rings is 1. The molecule has 1 aliphatic carbocycles. The molecule has 0 spiro atoms. The maximum atomic E-state index is 11.7. The lowest BCUT2D eigenvalue weighted by Crippen LogP contribution is -2.37. The minimum Gasteiger partial charge on any atom is -0.444 e. The Bertz CT molecular complexity index is 611. The van der Waals surface area contributed by atoms with Crippen LogP contribution in [-0.4, -0.2) is 36.7 Å². The van der Waals surface area contributed by atoms with Crippen LogP contribution in [0, 0.1) is 6.92 Å². The Balaban J connectivity index is 0.000000472. The predicted octanol–water partition coefficient (Wildman–Crippen LogP) is 3.87. The average molecular weight is 384 g/mol. The molecule has 1 aromatic rings. The molecule has 26 heavy (non-hydrogen) atoms. The van der Waals surface area contributed by atoms with Crippen LogP contribution < -0.4 is 16.0 Å². The van der Waals surface area contributed by atoms with Gasteiger partial charge in [-0.1, -0.05) is 18.5 Å². The fraction of sp³-hybridized carbons (Fsp3) is 0.579. The lowest BCUT2D eigenvalue weighted by Gasteiger charge is -2.19. The Morgan fingerprint density at radius 3 is 2.38 bits per heavy atom. The largest absolute Gasteiger partial charge is 0.444 e. The minimum absolute atomic E-state index is 0.156. The number of anilines is 1. The zero-order valence-corrected chi connectivity index (χ0v) is 17.0. The van der Waals surface area contributed by atoms with Gasteiger partial charge >= 0.3 is 6.09 Å². The number of carbonyl (C=O) groups excluding carboxylic acids is 2. The van der Waals surface area contributed by atoms with Crippen LogP contribution in [0.5, 0.6) is 0 Å². The van der Waals surface area contributed by atoms with Gasteiger partial charge in [-0.3, -0.25) is 4.79 Å². The molecule has 1 aliphatic rings. The first-order valence-electron chi connectivity index (χ1n) is 8.87. The molecule has 1 fully saturated rings. The highest BCUT2D eigenvalue weighted by atomic mass is 35.5. The van der Waals surface area contributed by atoms with Gasteiger partial charge in [0.25, 0.3) is 0 Å². The van der Waals surface area contributed by atoms with Crippen molar-refractivity contribution in [1.82, 2.24) is 10.6 Å². The topological polar surface area (TPSA) is 79.5 Å². The highest BCUT2D eigenvalue weighted by Gasteiger charge is 2.18. The van der Waals surface area contributed by atoms with Gasteiger partial charge in [-0.25, -0.2) is 4.79 Å². The minimum atomic E-state index is -0.625. The maximum absolute atomic E-state index is 11.7. The van der Waals surface area contributed by atoms with E-state index in [-0.39, 0.29) is 12.5 Å². The Labute approximate surface area is 161 Å². The zero-order chi connectivity index (χ0) is 19.7. The van der Waals surface area contributed by atoms with Crippen molar-refractivity contribution in [3.63, 3.8) is 0 Å². The molecule has 0 atom stereocenters. The van der Waals surface area contributed by atoms with E-state index in [4.69, 9.17) is 16.3 Å². The van der Waals surface area contributed by atoms with E-state index in [0.29, 0.717) is 10.7 Å². The molecule has 2 rings (SSSR count). The molecule has 0 radical (unpaired) electrons. The first kappa shape index (κ1) is 22.3. The van der Waals surface area contributed by atoms with Crippen molar-refractivity contribution >= 4 is 29.3 Å². The van der Waals surface area contributed by atoms with Crippen LogP contribution in [0.25, 0.3) is 0 Å². The van der Waals surface area contributed by atoms with Gasteiger partial charge in [-0.05, 0) is 70.8 Å². The molecule has 1 saturated carbocycles. The summed E-state index contributed by atoms with van der Waals surface area (Å²) in [6.07, 6.45) is 2.20. The second-order valence-corrected chi connectivity index (χ2v) is 7.61. The van der Waals surface area contributed by atoms with E-state index in [2.05, 4.69) is 22.9 Å². The molecule has 0 aromatic heterocycles. The molecular formula is C19H30ClN3O3. The van der Waals surface area contributed by atoms with Crippen molar-refractivity contribution < 1.29 is 14.3 Å². The number of amides is 2. The van der Waals surface area contributed by atoms with Crippen LogP contribution in [0.15, 0.2) is 18.2 Å². The summed E-state index contributed by atoms with van der Waals surface area (Å²) < 4.78 is 5.03. The van der Waals surface area contributed by atoms with Gasteiger partial charge in [0.05, 0.1) is 0 Å². The van der Waals surface area contributed by atoms with Crippen molar-refractivity contribution in [3.05, 3.63) is 28.8 Å². The van der Waals surface area contributed by atoms with E-state index < -0.39 is 11.7 Å². The number of rotatable bonds is 5. The van der Waals surface area contributed by atoms with Crippen LogP contribution in [-0.2, 0) is 9.53 Å². The van der Waals surface area contributed by atoms with Gasteiger partial charge in [-0.15, -0.1) is 0 Å². The fourth-order valence-corrected chi connectivity index (χ4v) is 2.09. The highest BCUT2D eigenvalue weighted by Crippen LogP contribution is 2.19. The van der Waals surface area contributed by atoms with Gasteiger partial charge in [0.2, 0.25) is 5.91 Å². The third kappa shape index (κ3) is 10.3. The van der Waals surface area contributed by atoms with Crippen molar-refractivity contribution in [1.29, 1.82) is 0 Å². The molecule has 6 nitrogen and oxygen atoms in total. The predicted molar refractivity (Wildman–Crippen MR) is 106 cm³/mol. The summed E-state index contributed by atoms with van der Waals surface area (Å²) in [5, 5.41) is 9.00. The first-order chi connectivity index (χ1) is 12.1. The number of nitrogens with one attached hydrogen (secondary N) is 3. The van der Waals surface area contributed by atoms with E-state index in [1.54, 1.807) is 39.0 Å². The smallest absolute Gasteiger partial charge is 0.408 e. The molecule has 146 valence electrons. The Hall–Kier alpha value is -1.79. The maximum Gasteiger partial charge on any atom is 0.408 e. The number of alkyl carbamates (subject to hydrolysis) is 1. The fourth-order valence-electron chi connectivity index (χ4n) is 1.97. The van der Waals surface area contributed by atoms with E-state index >= 15 is 0 Å². The van der Waals surface area contributed by atoms with Crippen molar-refractivity contribution in [3.8, 4) is 0 Å². The quantitative estimate of drug-likeness (QED) is 0.721. The standard InChI is InChI=1S/C14H19ClN2O3.C5H11N/c1-9-7-10(5-6-11(9)15)17-12(18)8-16-13(19)20-14(2,3)4;1-2-6-5-3-4-5/h5-7H,8H2,1-4H3,(H,16,19)(H,17,18);5-6H,2-4H2,1H3. The second-order valence-electron chi connectivity index (χ2n) is 7.20. The number of aryl methyl sites for hydroxylation is 1. The molecule has 1 aromatic carbocycles. The van der Waals surface area contributed by atoms with Gasteiger partial charge in [0.15, 0.2) is 0 Å². The van der Waals surface area contributed by atoms with Crippen LogP contribution in [0.3, 0.4) is 0 Å². The number of hydrogen-bond donors (Lipinski definition) is 3. The normalized spacial score (nSPS) is 13.3. The lowest BCUT2D eigenvalue weighted by atomic mass is 10.2. The molecule has 0 bridgehead atoms. The molecule has 2 amide bonds. The van der Waals surface area contributed by atoms with Crippen LogP contribution in [0.4, 0.5) is 10.5 Å². The van der Waals surface area contributed by atoms with E-state index in [1.165, 1.54) is 12.8 Å². The van der Waals surface area contributed by atoms with E-state index in [1.807, 2.05) is 6.92 Å². The second kappa shape index (κ2) is 10.4.